The van der Waals surface area contributed by atoms with Crippen molar-refractivity contribution in [2.45, 2.75) is 38.6 Å². The van der Waals surface area contributed by atoms with Crippen molar-refractivity contribution in [2.24, 2.45) is 11.0 Å². The average molecular weight is 478 g/mol. The summed E-state index contributed by atoms with van der Waals surface area (Å²) in [6.07, 6.45) is 2.35. The van der Waals surface area contributed by atoms with Crippen LogP contribution in [0.15, 0.2) is 59.7 Å². The molecule has 4 rings (SSSR count). The minimum Gasteiger partial charge on any atom is -0.497 e. The third-order valence-corrected chi connectivity index (χ3v) is 6.52. The highest BCUT2D eigenvalue weighted by atomic mass is 16.5. The number of hydrogen-bond donors (Lipinski definition) is 0. The quantitative estimate of drug-likeness (QED) is 0.569. The van der Waals surface area contributed by atoms with Crippen LogP contribution < -0.4 is 4.74 Å². The Hall–Kier alpha value is -3.68. The zero-order valence-corrected chi connectivity index (χ0v) is 20.2. The zero-order valence-electron chi connectivity index (χ0n) is 20.2. The Balaban J connectivity index is 1.46. The summed E-state index contributed by atoms with van der Waals surface area (Å²) >= 11 is 0. The molecule has 2 atom stereocenters. The molecule has 0 spiro atoms. The van der Waals surface area contributed by atoms with Crippen molar-refractivity contribution in [1.82, 2.24) is 9.91 Å². The molecule has 2 unspecified atom stereocenters. The summed E-state index contributed by atoms with van der Waals surface area (Å²) < 4.78 is 10.7. The van der Waals surface area contributed by atoms with Gasteiger partial charge in [0.2, 0.25) is 5.91 Å². The number of amides is 2. The van der Waals surface area contributed by atoms with Gasteiger partial charge in [0, 0.05) is 25.9 Å². The Labute approximate surface area is 205 Å². The van der Waals surface area contributed by atoms with Crippen LogP contribution in [0.5, 0.6) is 5.75 Å². The van der Waals surface area contributed by atoms with Crippen LogP contribution in [0.4, 0.5) is 0 Å². The van der Waals surface area contributed by atoms with Crippen molar-refractivity contribution < 1.29 is 23.9 Å². The number of carbonyl (C=O) groups is 3. The summed E-state index contributed by atoms with van der Waals surface area (Å²) in [7, 11) is 1.61. The molecule has 2 aromatic carbocycles. The molecule has 0 saturated carbocycles. The summed E-state index contributed by atoms with van der Waals surface area (Å²) in [5.74, 6) is -0.486. The van der Waals surface area contributed by atoms with Crippen LogP contribution >= 0.6 is 0 Å². The Morgan fingerprint density at radius 3 is 2.46 bits per heavy atom. The van der Waals surface area contributed by atoms with Gasteiger partial charge in [0.05, 0.1) is 24.8 Å². The zero-order chi connectivity index (χ0) is 24.8. The Morgan fingerprint density at radius 1 is 1.03 bits per heavy atom. The van der Waals surface area contributed by atoms with E-state index in [-0.39, 0.29) is 17.9 Å². The SMILES string of the molecule is CCC(=O)N1CCCC(C(=O)OCC(=O)N2N=C(c3ccccc3)CC2c2ccc(OC)cc2)C1. The third-order valence-electron chi connectivity index (χ3n) is 6.52. The van der Waals surface area contributed by atoms with Gasteiger partial charge < -0.3 is 14.4 Å². The molecule has 2 aliphatic heterocycles. The topological polar surface area (TPSA) is 88.5 Å². The lowest BCUT2D eigenvalue weighted by Crippen LogP contribution is -2.43. The van der Waals surface area contributed by atoms with Gasteiger partial charge in [-0.05, 0) is 36.1 Å². The molecular weight excluding hydrogens is 446 g/mol. The lowest BCUT2D eigenvalue weighted by Gasteiger charge is -2.31. The van der Waals surface area contributed by atoms with Gasteiger partial charge in [-0.25, -0.2) is 5.01 Å². The average Bonchev–Trinajstić information content (AvgIpc) is 3.37. The van der Waals surface area contributed by atoms with Crippen molar-refractivity contribution in [3.05, 3.63) is 65.7 Å². The molecule has 2 amide bonds. The molecule has 184 valence electrons. The van der Waals surface area contributed by atoms with Gasteiger partial charge >= 0.3 is 5.97 Å². The second kappa shape index (κ2) is 11.2. The second-order valence-electron chi connectivity index (χ2n) is 8.78. The second-order valence-corrected chi connectivity index (χ2v) is 8.78. The molecular formula is C27H31N3O5. The first-order chi connectivity index (χ1) is 17.0. The maximum Gasteiger partial charge on any atom is 0.311 e. The van der Waals surface area contributed by atoms with E-state index in [4.69, 9.17) is 9.47 Å². The lowest BCUT2D eigenvalue weighted by molar-refractivity contribution is -0.158. The molecule has 0 N–H and O–H groups in total. The van der Waals surface area contributed by atoms with Crippen molar-refractivity contribution in [2.75, 3.05) is 26.8 Å². The van der Waals surface area contributed by atoms with Crippen LogP contribution in [0.2, 0.25) is 0 Å². The summed E-state index contributed by atoms with van der Waals surface area (Å²) in [5, 5.41) is 6.04. The van der Waals surface area contributed by atoms with E-state index in [2.05, 4.69) is 5.10 Å². The first-order valence-corrected chi connectivity index (χ1v) is 12.0. The van der Waals surface area contributed by atoms with Crippen LogP contribution in [0.25, 0.3) is 0 Å². The highest BCUT2D eigenvalue weighted by Crippen LogP contribution is 2.33. The fourth-order valence-corrected chi connectivity index (χ4v) is 4.57. The minimum absolute atomic E-state index is 0.0285. The summed E-state index contributed by atoms with van der Waals surface area (Å²) in [6, 6.07) is 17.0. The highest BCUT2D eigenvalue weighted by Gasteiger charge is 2.35. The number of hydrogen-bond acceptors (Lipinski definition) is 6. The largest absolute Gasteiger partial charge is 0.497 e. The van der Waals surface area contributed by atoms with Crippen molar-refractivity contribution >= 4 is 23.5 Å². The van der Waals surface area contributed by atoms with E-state index < -0.39 is 18.5 Å². The van der Waals surface area contributed by atoms with E-state index in [1.165, 1.54) is 5.01 Å². The number of ether oxygens (including phenoxy) is 2. The van der Waals surface area contributed by atoms with Gasteiger partial charge in [0.1, 0.15) is 5.75 Å². The van der Waals surface area contributed by atoms with Gasteiger partial charge in [-0.3, -0.25) is 14.4 Å². The molecule has 1 fully saturated rings. The Kier molecular flexibility index (Phi) is 7.80. The molecule has 2 aromatic rings. The molecule has 0 bridgehead atoms. The predicted molar refractivity (Wildman–Crippen MR) is 131 cm³/mol. The predicted octanol–water partition coefficient (Wildman–Crippen LogP) is 3.56. The molecule has 0 aliphatic carbocycles. The summed E-state index contributed by atoms with van der Waals surface area (Å²) in [5.41, 5.74) is 2.66. The number of benzene rings is 2. The van der Waals surface area contributed by atoms with E-state index in [0.29, 0.717) is 32.4 Å². The molecule has 2 heterocycles. The molecule has 8 heteroatoms. The number of carbonyl (C=O) groups excluding carboxylic acids is 3. The highest BCUT2D eigenvalue weighted by molar-refractivity contribution is 6.03. The number of methoxy groups -OCH3 is 1. The van der Waals surface area contributed by atoms with Crippen LogP contribution in [-0.4, -0.2) is 60.2 Å². The van der Waals surface area contributed by atoms with Gasteiger partial charge in [-0.2, -0.15) is 5.10 Å². The van der Waals surface area contributed by atoms with Gasteiger partial charge in [0.25, 0.3) is 5.91 Å². The maximum absolute atomic E-state index is 13.2. The summed E-state index contributed by atoms with van der Waals surface area (Å²) in [6.45, 7) is 2.41. The fraction of sp³-hybridized carbons (Fsp3) is 0.407. The van der Waals surface area contributed by atoms with Crippen LogP contribution in [0.3, 0.4) is 0 Å². The van der Waals surface area contributed by atoms with E-state index in [1.807, 2.05) is 61.5 Å². The van der Waals surface area contributed by atoms with E-state index in [1.54, 1.807) is 12.0 Å². The van der Waals surface area contributed by atoms with E-state index >= 15 is 0 Å². The van der Waals surface area contributed by atoms with Gasteiger partial charge in [-0.15, -0.1) is 0 Å². The smallest absolute Gasteiger partial charge is 0.311 e. The van der Waals surface area contributed by atoms with E-state index in [9.17, 15) is 14.4 Å². The molecule has 8 nitrogen and oxygen atoms in total. The molecule has 0 radical (unpaired) electrons. The third kappa shape index (κ3) is 5.70. The number of nitrogens with zero attached hydrogens (tertiary/aromatic N) is 3. The molecule has 2 aliphatic rings. The first kappa shape index (κ1) is 24.4. The normalized spacial score (nSPS) is 19.8. The van der Waals surface area contributed by atoms with E-state index in [0.717, 1.165) is 29.0 Å². The molecule has 35 heavy (non-hydrogen) atoms. The van der Waals surface area contributed by atoms with Crippen molar-refractivity contribution in [3.8, 4) is 5.75 Å². The maximum atomic E-state index is 13.2. The van der Waals surface area contributed by atoms with Crippen LogP contribution in [0.1, 0.15) is 49.8 Å². The standard InChI is InChI=1S/C27H31N3O5/c1-3-25(31)29-15-7-10-21(17-29)27(33)35-18-26(32)30-24(20-11-13-22(34-2)14-12-20)16-23(28-30)19-8-5-4-6-9-19/h4-6,8-9,11-14,21,24H,3,7,10,15-18H2,1-2H3. The lowest BCUT2D eigenvalue weighted by atomic mass is 9.98. The summed E-state index contributed by atoms with van der Waals surface area (Å²) in [4.78, 5) is 39.6. The van der Waals surface area contributed by atoms with Gasteiger partial charge in [0.15, 0.2) is 6.61 Å². The van der Waals surface area contributed by atoms with Crippen LogP contribution in [0, 0.1) is 5.92 Å². The molecule has 1 saturated heterocycles. The van der Waals surface area contributed by atoms with Crippen molar-refractivity contribution in [1.29, 1.82) is 0 Å². The number of esters is 1. The minimum atomic E-state index is -0.445. The van der Waals surface area contributed by atoms with Gasteiger partial charge in [-0.1, -0.05) is 49.4 Å². The Bertz CT molecular complexity index is 1080. The monoisotopic (exact) mass is 477 g/mol. The molecule has 0 aromatic heterocycles. The van der Waals surface area contributed by atoms with Crippen molar-refractivity contribution in [3.63, 3.8) is 0 Å². The number of hydrazone groups is 1. The number of likely N-dealkylation sites (tertiary alicyclic amines) is 1. The Morgan fingerprint density at radius 2 is 1.77 bits per heavy atom. The van der Waals surface area contributed by atoms with Crippen LogP contribution in [-0.2, 0) is 19.1 Å². The number of rotatable bonds is 7. The first-order valence-electron chi connectivity index (χ1n) is 12.0. The number of piperidine rings is 1. The fourth-order valence-electron chi connectivity index (χ4n) is 4.57.